The number of aryl methyl sites for hydroxylation is 2. The molecule has 0 spiro atoms. The van der Waals surface area contributed by atoms with Crippen LogP contribution in [0.4, 0.5) is 0 Å². The van der Waals surface area contributed by atoms with Crippen LogP contribution < -0.4 is 3.96 Å². The van der Waals surface area contributed by atoms with Gasteiger partial charge in [-0.2, -0.15) is 0 Å². The van der Waals surface area contributed by atoms with Crippen LogP contribution in [0.2, 0.25) is 0 Å². The minimum absolute atomic E-state index is 0.454. The van der Waals surface area contributed by atoms with E-state index in [2.05, 4.69) is 0 Å². The topological polar surface area (TPSA) is 41.2 Å². The first-order valence-corrected chi connectivity index (χ1v) is 4.14. The molecule has 4 heteroatoms. The van der Waals surface area contributed by atoms with E-state index in [9.17, 15) is 4.79 Å². The Morgan fingerprint density at radius 3 is 2.82 bits per heavy atom. The molecule has 1 heterocycles. The molecule has 1 N–H and O–H groups in total. The smallest absolute Gasteiger partial charge is 0.352 e. The predicted molar refractivity (Wildman–Crippen MR) is 41.8 cm³/mol. The molecule has 0 amide bonds. The molecule has 3 nitrogen and oxygen atoms in total. The third-order valence-corrected chi connectivity index (χ3v) is 2.45. The molecule has 0 aromatic carbocycles. The Hall–Kier alpha value is -0.900. The lowest BCUT2D eigenvalue weighted by Gasteiger charge is -1.85. The first kappa shape index (κ1) is 8.20. The van der Waals surface area contributed by atoms with Gasteiger partial charge < -0.3 is 5.11 Å². The first-order valence-electron chi connectivity index (χ1n) is 3.37. The van der Waals surface area contributed by atoms with Gasteiger partial charge in [0.05, 0.1) is 0 Å². The maximum absolute atomic E-state index is 10.6. The van der Waals surface area contributed by atoms with Crippen LogP contribution in [0.25, 0.3) is 0 Å². The van der Waals surface area contributed by atoms with E-state index in [1.807, 2.05) is 24.1 Å². The van der Waals surface area contributed by atoms with Crippen LogP contribution in [-0.2, 0) is 13.5 Å². The minimum Gasteiger partial charge on any atom is -0.477 e. The van der Waals surface area contributed by atoms with E-state index < -0.39 is 5.97 Å². The van der Waals surface area contributed by atoms with Crippen molar-refractivity contribution in [2.24, 2.45) is 7.05 Å². The van der Waals surface area contributed by atoms with Gasteiger partial charge in [0.2, 0.25) is 0 Å². The van der Waals surface area contributed by atoms with Gasteiger partial charge >= 0.3 is 5.97 Å². The molecule has 1 aromatic heterocycles. The van der Waals surface area contributed by atoms with E-state index in [0.717, 1.165) is 12.0 Å². The van der Waals surface area contributed by atoms with Gasteiger partial charge in [0, 0.05) is 5.56 Å². The monoisotopic (exact) mass is 172 g/mol. The summed E-state index contributed by atoms with van der Waals surface area (Å²) in [6.07, 6.45) is 2.63. The molecule has 0 aliphatic carbocycles. The molecule has 0 saturated heterocycles. The second kappa shape index (κ2) is 3.00. The Balaban J connectivity index is 3.12. The number of hydrogen-bond donors (Lipinski definition) is 1. The maximum atomic E-state index is 10.6. The van der Waals surface area contributed by atoms with Crippen molar-refractivity contribution in [1.29, 1.82) is 0 Å². The predicted octanol–water partition coefficient (Wildman–Crippen LogP) is 0.833. The summed E-state index contributed by atoms with van der Waals surface area (Å²) < 4.78 is 1.81. The van der Waals surface area contributed by atoms with Crippen molar-refractivity contribution < 1.29 is 13.9 Å². The second-order valence-corrected chi connectivity index (χ2v) is 3.45. The van der Waals surface area contributed by atoms with Crippen molar-refractivity contribution in [3.63, 3.8) is 0 Å². The molecule has 11 heavy (non-hydrogen) atoms. The normalized spacial score (nSPS) is 10.0. The standard InChI is InChI=1S/C7H9NO2S/c1-3-5-4-8(2)11-6(5)7(9)10/h4H,3H2,1-2H3/p+1. The summed E-state index contributed by atoms with van der Waals surface area (Å²) in [4.78, 5) is 11.0. The van der Waals surface area contributed by atoms with Crippen LogP contribution in [-0.4, -0.2) is 11.1 Å². The third kappa shape index (κ3) is 1.57. The largest absolute Gasteiger partial charge is 0.477 e. The van der Waals surface area contributed by atoms with Gasteiger partial charge in [0.15, 0.2) is 18.1 Å². The highest BCUT2D eigenvalue weighted by molar-refractivity contribution is 7.04. The van der Waals surface area contributed by atoms with Crippen LogP contribution in [0, 0.1) is 0 Å². The fourth-order valence-electron chi connectivity index (χ4n) is 0.935. The lowest BCUT2D eigenvalue weighted by Crippen LogP contribution is -2.19. The second-order valence-electron chi connectivity index (χ2n) is 2.28. The van der Waals surface area contributed by atoms with E-state index >= 15 is 0 Å². The lowest BCUT2D eigenvalue weighted by molar-refractivity contribution is -0.601. The summed E-state index contributed by atoms with van der Waals surface area (Å²) in [5.41, 5.74) is 0.907. The molecular formula is C7H10NO2S+. The Bertz CT molecular complexity index is 280. The highest BCUT2D eigenvalue weighted by Crippen LogP contribution is 2.11. The maximum Gasteiger partial charge on any atom is 0.352 e. The summed E-state index contributed by atoms with van der Waals surface area (Å²) in [5, 5.41) is 8.71. The van der Waals surface area contributed by atoms with Crippen molar-refractivity contribution in [3.8, 4) is 0 Å². The third-order valence-electron chi connectivity index (χ3n) is 1.44. The van der Waals surface area contributed by atoms with E-state index in [1.54, 1.807) is 0 Å². The Kier molecular flexibility index (Phi) is 2.24. The zero-order valence-electron chi connectivity index (χ0n) is 6.50. The lowest BCUT2D eigenvalue weighted by atomic mass is 10.2. The number of carbonyl (C=O) groups is 1. The molecular weight excluding hydrogens is 162 g/mol. The minimum atomic E-state index is -0.826. The highest BCUT2D eigenvalue weighted by atomic mass is 32.1. The summed E-state index contributed by atoms with van der Waals surface area (Å²) in [6.45, 7) is 1.95. The molecule has 0 atom stereocenters. The number of aromatic carboxylic acids is 1. The van der Waals surface area contributed by atoms with Gasteiger partial charge in [0.1, 0.15) is 11.5 Å². The number of carboxylic acid groups (broad SMARTS) is 1. The molecule has 0 bridgehead atoms. The number of rotatable bonds is 2. The molecule has 60 valence electrons. The summed E-state index contributed by atoms with van der Waals surface area (Å²) >= 11 is 1.26. The molecule has 0 aliphatic rings. The fourth-order valence-corrected chi connectivity index (χ4v) is 1.80. The van der Waals surface area contributed by atoms with Crippen LogP contribution in [0.5, 0.6) is 0 Å². The van der Waals surface area contributed by atoms with Crippen molar-refractivity contribution in [3.05, 3.63) is 16.6 Å². The Labute approximate surface area is 69.1 Å². The zero-order chi connectivity index (χ0) is 8.43. The van der Waals surface area contributed by atoms with Crippen molar-refractivity contribution in [2.75, 3.05) is 0 Å². The van der Waals surface area contributed by atoms with Gasteiger partial charge in [-0.1, -0.05) is 6.92 Å². The molecule has 0 unspecified atom stereocenters. The molecule has 0 fully saturated rings. The number of nitrogens with zero attached hydrogens (tertiary/aromatic N) is 1. The summed E-state index contributed by atoms with van der Waals surface area (Å²) in [7, 11) is 1.84. The molecule has 0 radical (unpaired) electrons. The SMILES string of the molecule is CCc1c[n+](C)sc1C(=O)O. The quantitative estimate of drug-likeness (QED) is 0.671. The molecule has 0 aliphatic heterocycles. The Morgan fingerprint density at radius 1 is 1.82 bits per heavy atom. The summed E-state index contributed by atoms with van der Waals surface area (Å²) in [5.74, 6) is -0.826. The molecule has 0 saturated carbocycles. The van der Waals surface area contributed by atoms with Gasteiger partial charge in [-0.15, -0.1) is 3.96 Å². The average Bonchev–Trinajstić information content (AvgIpc) is 2.30. The Morgan fingerprint density at radius 2 is 2.45 bits per heavy atom. The molecule has 1 rings (SSSR count). The van der Waals surface area contributed by atoms with E-state index in [1.165, 1.54) is 11.5 Å². The van der Waals surface area contributed by atoms with Gasteiger partial charge in [-0.05, 0) is 6.42 Å². The molecule has 1 aromatic rings. The van der Waals surface area contributed by atoms with Crippen LogP contribution in [0.15, 0.2) is 6.20 Å². The van der Waals surface area contributed by atoms with E-state index in [0.29, 0.717) is 4.88 Å². The van der Waals surface area contributed by atoms with Gasteiger partial charge in [0.25, 0.3) is 0 Å². The van der Waals surface area contributed by atoms with Crippen LogP contribution in [0.3, 0.4) is 0 Å². The van der Waals surface area contributed by atoms with Gasteiger partial charge in [-0.3, -0.25) is 0 Å². The fraction of sp³-hybridized carbons (Fsp3) is 0.429. The van der Waals surface area contributed by atoms with E-state index in [-0.39, 0.29) is 0 Å². The van der Waals surface area contributed by atoms with Crippen LogP contribution >= 0.6 is 11.5 Å². The number of carboxylic acids is 1. The highest BCUT2D eigenvalue weighted by Gasteiger charge is 2.18. The van der Waals surface area contributed by atoms with Crippen molar-refractivity contribution >= 4 is 17.5 Å². The zero-order valence-corrected chi connectivity index (χ0v) is 7.31. The van der Waals surface area contributed by atoms with E-state index in [4.69, 9.17) is 5.11 Å². The van der Waals surface area contributed by atoms with Crippen molar-refractivity contribution in [1.82, 2.24) is 0 Å². The van der Waals surface area contributed by atoms with Crippen LogP contribution in [0.1, 0.15) is 22.2 Å². The van der Waals surface area contributed by atoms with Crippen molar-refractivity contribution in [2.45, 2.75) is 13.3 Å². The summed E-state index contributed by atoms with van der Waals surface area (Å²) in [6, 6.07) is 0. The average molecular weight is 172 g/mol. The number of aromatic nitrogens is 1. The van der Waals surface area contributed by atoms with Gasteiger partial charge in [-0.25, -0.2) is 4.79 Å². The number of hydrogen-bond acceptors (Lipinski definition) is 2. The first-order chi connectivity index (χ1) is 5.15.